The average Bonchev–Trinajstić information content (AvgIpc) is 2.37. The zero-order valence-corrected chi connectivity index (χ0v) is 11.3. The number of hydrogen-bond donors (Lipinski definition) is 2. The van der Waals surface area contributed by atoms with Crippen molar-refractivity contribution in [3.8, 4) is 0 Å². The number of para-hydroxylation sites is 1. The molecule has 2 aromatic carbocycles. The summed E-state index contributed by atoms with van der Waals surface area (Å²) in [5.74, 6) is -1.98. The lowest BCUT2D eigenvalue weighted by Crippen LogP contribution is -2.16. The van der Waals surface area contributed by atoms with Crippen LogP contribution in [0.1, 0.15) is 5.56 Å². The fourth-order valence-electron chi connectivity index (χ4n) is 1.71. The molecule has 106 valence electrons. The molecule has 0 spiro atoms. The van der Waals surface area contributed by atoms with Gasteiger partial charge in [-0.1, -0.05) is 12.1 Å². The number of nitrogen functional groups attached to an aromatic ring is 1. The standard InChI is InChI=1S/C13H12F2N2O2S/c1-8-11(16)6-3-7-12(8)20(18,19)17-13-9(14)4-2-5-10(13)15/h2-7,17H,16H2,1H3. The van der Waals surface area contributed by atoms with Gasteiger partial charge in [0.15, 0.2) is 0 Å². The Balaban J connectivity index is 2.50. The van der Waals surface area contributed by atoms with Crippen molar-refractivity contribution in [2.24, 2.45) is 0 Å². The first-order valence-electron chi connectivity index (χ1n) is 5.65. The van der Waals surface area contributed by atoms with Gasteiger partial charge in [0.1, 0.15) is 17.3 Å². The SMILES string of the molecule is Cc1c(N)cccc1S(=O)(=O)Nc1c(F)cccc1F. The molecule has 0 amide bonds. The molecule has 0 saturated carbocycles. The normalized spacial score (nSPS) is 11.3. The van der Waals surface area contributed by atoms with Crippen molar-refractivity contribution in [1.29, 1.82) is 0 Å². The van der Waals surface area contributed by atoms with E-state index in [-0.39, 0.29) is 10.6 Å². The van der Waals surface area contributed by atoms with Gasteiger partial charge < -0.3 is 5.73 Å². The lowest BCUT2D eigenvalue weighted by atomic mass is 10.2. The Hall–Kier alpha value is -2.15. The molecule has 20 heavy (non-hydrogen) atoms. The summed E-state index contributed by atoms with van der Waals surface area (Å²) in [5.41, 5.74) is 5.51. The van der Waals surface area contributed by atoms with Gasteiger partial charge in [0.25, 0.3) is 10.0 Å². The molecule has 0 unspecified atom stereocenters. The second-order valence-corrected chi connectivity index (χ2v) is 5.82. The lowest BCUT2D eigenvalue weighted by Gasteiger charge is -2.12. The van der Waals surface area contributed by atoms with E-state index in [1.165, 1.54) is 25.1 Å². The summed E-state index contributed by atoms with van der Waals surface area (Å²) in [4.78, 5) is -0.125. The Morgan fingerprint density at radius 3 is 2.20 bits per heavy atom. The molecule has 7 heteroatoms. The number of benzene rings is 2. The predicted molar refractivity (Wildman–Crippen MR) is 72.8 cm³/mol. The number of nitrogens with two attached hydrogens (primary N) is 1. The first-order valence-corrected chi connectivity index (χ1v) is 7.13. The minimum Gasteiger partial charge on any atom is -0.398 e. The Kier molecular flexibility index (Phi) is 3.63. The first-order chi connectivity index (χ1) is 9.33. The van der Waals surface area contributed by atoms with E-state index in [0.717, 1.165) is 18.2 Å². The third-order valence-corrected chi connectivity index (χ3v) is 4.31. The summed E-state index contributed by atoms with van der Waals surface area (Å²) in [6.45, 7) is 1.52. The Morgan fingerprint density at radius 2 is 1.60 bits per heavy atom. The number of sulfonamides is 1. The second kappa shape index (κ2) is 5.09. The molecule has 0 bridgehead atoms. The monoisotopic (exact) mass is 298 g/mol. The van der Waals surface area contributed by atoms with Crippen LogP contribution in [0.25, 0.3) is 0 Å². The van der Waals surface area contributed by atoms with E-state index in [1.807, 2.05) is 4.72 Å². The molecule has 2 aromatic rings. The van der Waals surface area contributed by atoms with Crippen molar-refractivity contribution in [3.05, 3.63) is 53.6 Å². The topological polar surface area (TPSA) is 72.2 Å². The van der Waals surface area contributed by atoms with Crippen molar-refractivity contribution < 1.29 is 17.2 Å². The first kappa shape index (κ1) is 14.3. The van der Waals surface area contributed by atoms with Gasteiger partial charge in [-0.05, 0) is 36.8 Å². The molecular weight excluding hydrogens is 286 g/mol. The van der Waals surface area contributed by atoms with Crippen LogP contribution in [0.4, 0.5) is 20.2 Å². The molecule has 0 aliphatic rings. The summed E-state index contributed by atoms with van der Waals surface area (Å²) in [6, 6.07) is 7.38. The minimum absolute atomic E-state index is 0.125. The molecule has 0 radical (unpaired) electrons. The van der Waals surface area contributed by atoms with Crippen LogP contribution in [0.3, 0.4) is 0 Å². The molecular formula is C13H12F2N2O2S. The Morgan fingerprint density at radius 1 is 1.05 bits per heavy atom. The highest BCUT2D eigenvalue weighted by atomic mass is 32.2. The Bertz CT molecular complexity index is 741. The second-order valence-electron chi connectivity index (χ2n) is 4.17. The number of rotatable bonds is 3. The molecule has 0 atom stereocenters. The summed E-state index contributed by atoms with van der Waals surface area (Å²) < 4.78 is 53.2. The van der Waals surface area contributed by atoms with E-state index in [1.54, 1.807) is 0 Å². The highest BCUT2D eigenvalue weighted by Crippen LogP contribution is 2.25. The van der Waals surface area contributed by atoms with Crippen LogP contribution in [0.5, 0.6) is 0 Å². The van der Waals surface area contributed by atoms with Gasteiger partial charge in [-0.2, -0.15) is 0 Å². The van der Waals surface area contributed by atoms with Crippen LogP contribution in [0, 0.1) is 18.6 Å². The number of nitrogens with one attached hydrogen (secondary N) is 1. The molecule has 0 aliphatic heterocycles. The fourth-order valence-corrected chi connectivity index (χ4v) is 3.06. The summed E-state index contributed by atoms with van der Waals surface area (Å²) >= 11 is 0. The van der Waals surface area contributed by atoms with Crippen LogP contribution in [-0.2, 0) is 10.0 Å². The van der Waals surface area contributed by atoms with E-state index in [2.05, 4.69) is 0 Å². The van der Waals surface area contributed by atoms with Crippen molar-refractivity contribution in [2.45, 2.75) is 11.8 Å². The highest BCUT2D eigenvalue weighted by Gasteiger charge is 2.21. The van der Waals surface area contributed by atoms with Crippen LogP contribution in [-0.4, -0.2) is 8.42 Å². The maximum absolute atomic E-state index is 13.5. The summed E-state index contributed by atoms with van der Waals surface area (Å²) in [5, 5.41) is 0. The van der Waals surface area contributed by atoms with Crippen molar-refractivity contribution in [3.63, 3.8) is 0 Å². The van der Waals surface area contributed by atoms with E-state index in [4.69, 9.17) is 5.73 Å². The third-order valence-electron chi connectivity index (χ3n) is 2.81. The number of hydrogen-bond acceptors (Lipinski definition) is 3. The molecule has 3 N–H and O–H groups in total. The molecule has 0 fully saturated rings. The quantitative estimate of drug-likeness (QED) is 0.856. The zero-order valence-electron chi connectivity index (χ0n) is 10.5. The van der Waals surface area contributed by atoms with Crippen molar-refractivity contribution in [1.82, 2.24) is 0 Å². The minimum atomic E-state index is -4.12. The van der Waals surface area contributed by atoms with Crippen LogP contribution >= 0.6 is 0 Å². The highest BCUT2D eigenvalue weighted by molar-refractivity contribution is 7.92. The van der Waals surface area contributed by atoms with Crippen LogP contribution in [0.15, 0.2) is 41.3 Å². The zero-order chi connectivity index (χ0) is 14.9. The molecule has 2 rings (SSSR count). The maximum Gasteiger partial charge on any atom is 0.262 e. The fraction of sp³-hybridized carbons (Fsp3) is 0.0769. The van der Waals surface area contributed by atoms with Gasteiger partial charge in [0.2, 0.25) is 0 Å². The van der Waals surface area contributed by atoms with E-state index >= 15 is 0 Å². The van der Waals surface area contributed by atoms with Gasteiger partial charge in [-0.3, -0.25) is 4.72 Å². The largest absolute Gasteiger partial charge is 0.398 e. The van der Waals surface area contributed by atoms with E-state index in [9.17, 15) is 17.2 Å². The smallest absolute Gasteiger partial charge is 0.262 e. The van der Waals surface area contributed by atoms with Crippen LogP contribution < -0.4 is 10.5 Å². The summed E-state index contributed by atoms with van der Waals surface area (Å²) in [6.07, 6.45) is 0. The van der Waals surface area contributed by atoms with Gasteiger partial charge >= 0.3 is 0 Å². The molecule has 0 aromatic heterocycles. The Labute approximate surface area is 115 Å². The van der Waals surface area contributed by atoms with Crippen molar-refractivity contribution in [2.75, 3.05) is 10.5 Å². The number of halogens is 2. The molecule has 0 heterocycles. The summed E-state index contributed by atoms with van der Waals surface area (Å²) in [7, 11) is -4.12. The molecule has 0 aliphatic carbocycles. The van der Waals surface area contributed by atoms with Gasteiger partial charge in [0.05, 0.1) is 4.90 Å². The van der Waals surface area contributed by atoms with Gasteiger partial charge in [0, 0.05) is 5.69 Å². The van der Waals surface area contributed by atoms with Gasteiger partial charge in [-0.15, -0.1) is 0 Å². The van der Waals surface area contributed by atoms with Crippen molar-refractivity contribution >= 4 is 21.4 Å². The third kappa shape index (κ3) is 2.57. The average molecular weight is 298 g/mol. The van der Waals surface area contributed by atoms with E-state index < -0.39 is 27.3 Å². The predicted octanol–water partition coefficient (Wildman–Crippen LogP) is 2.66. The number of anilines is 2. The van der Waals surface area contributed by atoms with Gasteiger partial charge in [-0.25, -0.2) is 17.2 Å². The molecule has 4 nitrogen and oxygen atoms in total. The maximum atomic E-state index is 13.5. The van der Waals surface area contributed by atoms with E-state index in [0.29, 0.717) is 5.56 Å². The lowest BCUT2D eigenvalue weighted by molar-refractivity contribution is 0.582. The van der Waals surface area contributed by atoms with Crippen LogP contribution in [0.2, 0.25) is 0 Å². The molecule has 0 saturated heterocycles.